The second-order valence-electron chi connectivity index (χ2n) is 4.52. The largest absolute Gasteiger partial charge is 0.493 e. The molecule has 0 aliphatic heterocycles. The van der Waals surface area contributed by atoms with Crippen molar-refractivity contribution in [1.82, 2.24) is 0 Å². The molecule has 0 radical (unpaired) electrons. The van der Waals surface area contributed by atoms with Gasteiger partial charge in [0, 0.05) is 0 Å². The van der Waals surface area contributed by atoms with Gasteiger partial charge in [0.1, 0.15) is 6.26 Å². The zero-order valence-corrected chi connectivity index (χ0v) is 11.8. The van der Waals surface area contributed by atoms with Crippen LogP contribution < -0.4 is 14.9 Å². The van der Waals surface area contributed by atoms with E-state index in [2.05, 4.69) is 0 Å². The minimum absolute atomic E-state index is 0.0941. The molecule has 3 aromatic rings. The summed E-state index contributed by atoms with van der Waals surface area (Å²) in [5, 5.41) is 0.467. The average molecular weight is 282 g/mol. The Bertz CT molecular complexity index is 835. The molecule has 0 N–H and O–H groups in total. The Balaban J connectivity index is 2.30. The van der Waals surface area contributed by atoms with Crippen LogP contribution in [0.15, 0.2) is 57.9 Å². The Morgan fingerprint density at radius 3 is 2.38 bits per heavy atom. The third-order valence-electron chi connectivity index (χ3n) is 3.37. The number of fused-ring (bicyclic) bond motifs is 1. The molecule has 0 fully saturated rings. The van der Waals surface area contributed by atoms with Gasteiger partial charge in [0.25, 0.3) is 0 Å². The number of benzene rings is 2. The summed E-state index contributed by atoms with van der Waals surface area (Å²) in [4.78, 5) is 12.6. The molecular formula is C17H14O4. The lowest BCUT2D eigenvalue weighted by Gasteiger charge is -2.10. The second-order valence-corrected chi connectivity index (χ2v) is 4.52. The van der Waals surface area contributed by atoms with Gasteiger partial charge in [0.15, 0.2) is 11.3 Å². The van der Waals surface area contributed by atoms with Crippen LogP contribution in [0.1, 0.15) is 0 Å². The number of methoxy groups -OCH3 is 2. The predicted molar refractivity (Wildman–Crippen MR) is 81.0 cm³/mol. The normalized spacial score (nSPS) is 10.6. The Kier molecular flexibility index (Phi) is 3.36. The lowest BCUT2D eigenvalue weighted by atomic mass is 10.1. The molecule has 0 amide bonds. The minimum Gasteiger partial charge on any atom is -0.493 e. The molecule has 2 aromatic carbocycles. The highest BCUT2D eigenvalue weighted by molar-refractivity contribution is 5.88. The van der Waals surface area contributed by atoms with Crippen LogP contribution in [0.4, 0.5) is 0 Å². The first kappa shape index (κ1) is 13.2. The fourth-order valence-electron chi connectivity index (χ4n) is 2.33. The smallest absolute Gasteiger partial charge is 0.204 e. The van der Waals surface area contributed by atoms with E-state index in [1.54, 1.807) is 19.2 Å². The molecule has 0 aliphatic rings. The second kappa shape index (κ2) is 5.32. The monoisotopic (exact) mass is 282 g/mol. The number of ether oxygens (including phenoxy) is 2. The van der Waals surface area contributed by atoms with Crippen LogP contribution >= 0.6 is 0 Å². The van der Waals surface area contributed by atoms with Crippen molar-refractivity contribution >= 4 is 11.0 Å². The van der Waals surface area contributed by atoms with Gasteiger partial charge < -0.3 is 13.9 Å². The maximum absolute atomic E-state index is 12.6. The van der Waals surface area contributed by atoms with Gasteiger partial charge in [-0.3, -0.25) is 4.79 Å². The third kappa shape index (κ3) is 2.14. The van der Waals surface area contributed by atoms with Crippen molar-refractivity contribution in [2.24, 2.45) is 0 Å². The van der Waals surface area contributed by atoms with Gasteiger partial charge in [0.2, 0.25) is 11.2 Å². The van der Waals surface area contributed by atoms with E-state index in [0.717, 1.165) is 5.56 Å². The lowest BCUT2D eigenvalue weighted by molar-refractivity contribution is 0.353. The first-order valence-corrected chi connectivity index (χ1v) is 6.48. The van der Waals surface area contributed by atoms with E-state index in [9.17, 15) is 4.79 Å². The summed E-state index contributed by atoms with van der Waals surface area (Å²) in [6.45, 7) is 0. The van der Waals surface area contributed by atoms with Crippen molar-refractivity contribution in [3.63, 3.8) is 0 Å². The number of hydrogen-bond acceptors (Lipinski definition) is 4. The number of hydrogen-bond donors (Lipinski definition) is 0. The summed E-state index contributed by atoms with van der Waals surface area (Å²) in [5.41, 5.74) is 1.64. The highest BCUT2D eigenvalue weighted by Crippen LogP contribution is 2.34. The van der Waals surface area contributed by atoms with Gasteiger partial charge in [-0.1, -0.05) is 30.3 Å². The minimum atomic E-state index is -0.0941. The van der Waals surface area contributed by atoms with Gasteiger partial charge in [0.05, 0.1) is 25.2 Å². The van der Waals surface area contributed by atoms with Crippen LogP contribution in [0.5, 0.6) is 11.5 Å². The van der Waals surface area contributed by atoms with E-state index >= 15 is 0 Å². The van der Waals surface area contributed by atoms with E-state index in [1.807, 2.05) is 30.3 Å². The molecule has 1 aromatic heterocycles. The van der Waals surface area contributed by atoms with Crippen molar-refractivity contribution in [3.05, 3.63) is 59.0 Å². The maximum atomic E-state index is 12.6. The molecule has 106 valence electrons. The Morgan fingerprint density at radius 1 is 0.952 bits per heavy atom. The molecule has 0 saturated heterocycles. The summed E-state index contributed by atoms with van der Waals surface area (Å²) >= 11 is 0. The van der Waals surface area contributed by atoms with Crippen LogP contribution in [-0.2, 0) is 0 Å². The molecule has 21 heavy (non-hydrogen) atoms. The average Bonchev–Trinajstić information content (AvgIpc) is 2.55. The zero-order valence-electron chi connectivity index (χ0n) is 11.8. The fourth-order valence-corrected chi connectivity index (χ4v) is 2.33. The lowest BCUT2D eigenvalue weighted by Crippen LogP contribution is -2.05. The van der Waals surface area contributed by atoms with Crippen molar-refractivity contribution in [1.29, 1.82) is 0 Å². The third-order valence-corrected chi connectivity index (χ3v) is 3.37. The van der Waals surface area contributed by atoms with Crippen molar-refractivity contribution in [2.75, 3.05) is 14.2 Å². The number of rotatable bonds is 3. The summed E-state index contributed by atoms with van der Waals surface area (Å²) in [6, 6.07) is 12.8. The van der Waals surface area contributed by atoms with Crippen molar-refractivity contribution < 1.29 is 13.9 Å². The summed E-state index contributed by atoms with van der Waals surface area (Å²) in [5.74, 6) is 0.951. The summed E-state index contributed by atoms with van der Waals surface area (Å²) < 4.78 is 16.1. The molecule has 1 heterocycles. The van der Waals surface area contributed by atoms with Crippen LogP contribution in [0.3, 0.4) is 0 Å². The Labute approximate surface area is 121 Å². The molecular weight excluding hydrogens is 268 g/mol. The summed E-state index contributed by atoms with van der Waals surface area (Å²) in [6.07, 6.45) is 1.46. The summed E-state index contributed by atoms with van der Waals surface area (Å²) in [7, 11) is 3.06. The first-order chi connectivity index (χ1) is 10.3. The molecule has 4 nitrogen and oxygen atoms in total. The molecule has 0 saturated carbocycles. The van der Waals surface area contributed by atoms with Crippen LogP contribution in [0.2, 0.25) is 0 Å². The van der Waals surface area contributed by atoms with Gasteiger partial charge in [-0.2, -0.15) is 0 Å². The molecule has 0 atom stereocenters. The molecule has 0 spiro atoms. The fraction of sp³-hybridized carbons (Fsp3) is 0.118. The molecule has 0 unspecified atom stereocenters. The molecule has 4 heteroatoms. The van der Waals surface area contributed by atoms with Crippen LogP contribution in [-0.4, -0.2) is 14.2 Å². The predicted octanol–water partition coefficient (Wildman–Crippen LogP) is 3.48. The van der Waals surface area contributed by atoms with Gasteiger partial charge in [-0.05, 0) is 17.7 Å². The maximum Gasteiger partial charge on any atom is 0.204 e. The molecule has 0 bridgehead atoms. The van der Waals surface area contributed by atoms with E-state index in [4.69, 9.17) is 13.9 Å². The van der Waals surface area contributed by atoms with Gasteiger partial charge in [-0.25, -0.2) is 0 Å². The SMILES string of the molecule is COc1ccc2c(=O)c(-c3ccccc3)coc2c1OC. The first-order valence-electron chi connectivity index (χ1n) is 6.48. The highest BCUT2D eigenvalue weighted by atomic mass is 16.5. The van der Waals surface area contributed by atoms with Gasteiger partial charge >= 0.3 is 0 Å². The van der Waals surface area contributed by atoms with Crippen LogP contribution in [0, 0.1) is 0 Å². The quantitative estimate of drug-likeness (QED) is 0.738. The van der Waals surface area contributed by atoms with E-state index < -0.39 is 0 Å². The van der Waals surface area contributed by atoms with E-state index in [-0.39, 0.29) is 5.43 Å². The zero-order chi connectivity index (χ0) is 14.8. The molecule has 3 rings (SSSR count). The van der Waals surface area contributed by atoms with Gasteiger partial charge in [-0.15, -0.1) is 0 Å². The van der Waals surface area contributed by atoms with Crippen LogP contribution in [0.25, 0.3) is 22.1 Å². The molecule has 0 aliphatic carbocycles. The van der Waals surface area contributed by atoms with Crippen molar-refractivity contribution in [3.8, 4) is 22.6 Å². The van der Waals surface area contributed by atoms with Crippen molar-refractivity contribution in [2.45, 2.75) is 0 Å². The van der Waals surface area contributed by atoms with E-state index in [1.165, 1.54) is 13.4 Å². The topological polar surface area (TPSA) is 48.7 Å². The Hall–Kier alpha value is -2.75. The van der Waals surface area contributed by atoms with E-state index in [0.29, 0.717) is 28.0 Å². The Morgan fingerprint density at radius 2 is 1.71 bits per heavy atom. The highest BCUT2D eigenvalue weighted by Gasteiger charge is 2.15. The standard InChI is InChI=1S/C17H14O4/c1-19-14-9-8-12-15(18)13(11-6-4-3-5-7-11)10-21-16(12)17(14)20-2/h3-10H,1-2H3.